The van der Waals surface area contributed by atoms with Gasteiger partial charge in [0.15, 0.2) is 0 Å². The minimum absolute atomic E-state index is 0.594. The van der Waals surface area contributed by atoms with Crippen LogP contribution in [0.5, 0.6) is 5.75 Å². The third-order valence-electron chi connectivity index (χ3n) is 2.60. The number of nitrogens with one attached hydrogen (secondary N) is 1. The summed E-state index contributed by atoms with van der Waals surface area (Å²) in [6, 6.07) is 16.3. The second-order valence-electron chi connectivity index (χ2n) is 4.09. The van der Waals surface area contributed by atoms with Gasteiger partial charge in [-0.25, -0.2) is 0 Å². The van der Waals surface area contributed by atoms with E-state index in [-0.39, 0.29) is 0 Å². The molecule has 2 rings (SSSR count). The molecule has 0 radical (unpaired) electrons. The molecule has 0 heterocycles. The first kappa shape index (κ1) is 13.1. The Morgan fingerprint density at radius 2 is 1.83 bits per heavy atom. The van der Waals surface area contributed by atoms with Gasteiger partial charge < -0.3 is 10.1 Å². The molecule has 18 heavy (non-hydrogen) atoms. The first-order chi connectivity index (χ1) is 8.78. The van der Waals surface area contributed by atoms with Gasteiger partial charge in [0.2, 0.25) is 0 Å². The molecule has 0 atom stereocenters. The number of rotatable bonds is 5. The van der Waals surface area contributed by atoms with Gasteiger partial charge in [-0.15, -0.1) is 0 Å². The molecule has 1 N–H and O–H groups in total. The van der Waals surface area contributed by atoms with Gasteiger partial charge in [-0.2, -0.15) is 0 Å². The fourth-order valence-corrected chi connectivity index (χ4v) is 1.96. The summed E-state index contributed by atoms with van der Waals surface area (Å²) < 4.78 is 6.86. The molecule has 0 bridgehead atoms. The summed E-state index contributed by atoms with van der Waals surface area (Å²) in [6.45, 7) is 1.45. The van der Waals surface area contributed by atoms with Crippen LogP contribution in [0.3, 0.4) is 0 Å². The lowest BCUT2D eigenvalue weighted by Gasteiger charge is -2.08. The van der Waals surface area contributed by atoms with E-state index in [2.05, 4.69) is 45.5 Å². The second kappa shape index (κ2) is 6.57. The smallest absolute Gasteiger partial charge is 0.120 e. The summed E-state index contributed by atoms with van der Waals surface area (Å²) in [6.07, 6.45) is 0. The maximum absolute atomic E-state index is 5.78. The number of hydrogen-bond donors (Lipinski definition) is 1. The summed E-state index contributed by atoms with van der Waals surface area (Å²) in [5.74, 6) is 0.908. The highest BCUT2D eigenvalue weighted by molar-refractivity contribution is 9.10. The molecular weight excluding hydrogens is 290 g/mol. The molecule has 94 valence electrons. The van der Waals surface area contributed by atoms with Gasteiger partial charge in [-0.1, -0.05) is 40.2 Å². The van der Waals surface area contributed by atoms with Crippen LogP contribution in [-0.2, 0) is 13.2 Å². The Balaban J connectivity index is 1.97. The van der Waals surface area contributed by atoms with Crippen molar-refractivity contribution < 1.29 is 4.74 Å². The molecule has 2 nitrogen and oxygen atoms in total. The molecule has 0 aliphatic heterocycles. The van der Waals surface area contributed by atoms with Gasteiger partial charge in [0.05, 0.1) is 0 Å². The molecule has 0 spiro atoms. The van der Waals surface area contributed by atoms with Crippen molar-refractivity contribution in [2.24, 2.45) is 0 Å². The van der Waals surface area contributed by atoms with Crippen LogP contribution in [0.4, 0.5) is 0 Å². The Morgan fingerprint density at radius 1 is 1.06 bits per heavy atom. The van der Waals surface area contributed by atoms with Crippen molar-refractivity contribution in [1.29, 1.82) is 0 Å². The highest BCUT2D eigenvalue weighted by Crippen LogP contribution is 2.16. The van der Waals surface area contributed by atoms with Crippen LogP contribution >= 0.6 is 15.9 Å². The molecule has 0 aliphatic carbocycles. The van der Waals surface area contributed by atoms with Gasteiger partial charge in [0.25, 0.3) is 0 Å². The van der Waals surface area contributed by atoms with Crippen LogP contribution in [0.1, 0.15) is 11.1 Å². The van der Waals surface area contributed by atoms with E-state index in [9.17, 15) is 0 Å². The zero-order valence-corrected chi connectivity index (χ0v) is 11.9. The first-order valence-corrected chi connectivity index (χ1v) is 6.68. The van der Waals surface area contributed by atoms with Gasteiger partial charge in [0.1, 0.15) is 12.4 Å². The van der Waals surface area contributed by atoms with Crippen molar-refractivity contribution in [2.75, 3.05) is 7.05 Å². The SMILES string of the molecule is CNCc1cccc(OCc2ccc(Br)cc2)c1. The van der Waals surface area contributed by atoms with Crippen molar-refractivity contribution in [3.63, 3.8) is 0 Å². The first-order valence-electron chi connectivity index (χ1n) is 5.89. The molecule has 2 aromatic rings. The van der Waals surface area contributed by atoms with Crippen LogP contribution in [0.25, 0.3) is 0 Å². The zero-order chi connectivity index (χ0) is 12.8. The van der Waals surface area contributed by atoms with E-state index >= 15 is 0 Å². The lowest BCUT2D eigenvalue weighted by Crippen LogP contribution is -2.05. The van der Waals surface area contributed by atoms with Crippen LogP contribution in [0.15, 0.2) is 53.0 Å². The summed E-state index contributed by atoms with van der Waals surface area (Å²) in [5.41, 5.74) is 2.39. The topological polar surface area (TPSA) is 21.3 Å². The zero-order valence-electron chi connectivity index (χ0n) is 10.3. The summed E-state index contributed by atoms with van der Waals surface area (Å²) in [5, 5.41) is 3.13. The Hall–Kier alpha value is -1.32. The predicted octanol–water partition coefficient (Wildman–Crippen LogP) is 3.75. The monoisotopic (exact) mass is 305 g/mol. The number of ether oxygens (including phenoxy) is 1. The number of halogens is 1. The lowest BCUT2D eigenvalue weighted by atomic mass is 10.2. The van der Waals surface area contributed by atoms with E-state index in [4.69, 9.17) is 4.74 Å². The minimum atomic E-state index is 0.594. The fraction of sp³-hybridized carbons (Fsp3) is 0.200. The number of hydrogen-bond acceptors (Lipinski definition) is 2. The van der Waals surface area contributed by atoms with Crippen LogP contribution < -0.4 is 10.1 Å². The van der Waals surface area contributed by atoms with E-state index in [1.54, 1.807) is 0 Å². The molecule has 0 amide bonds. The Labute approximate surface area is 116 Å². The molecular formula is C15H16BrNO. The quantitative estimate of drug-likeness (QED) is 0.908. The summed E-state index contributed by atoms with van der Waals surface area (Å²) in [4.78, 5) is 0. The summed E-state index contributed by atoms with van der Waals surface area (Å²) >= 11 is 3.42. The van der Waals surface area contributed by atoms with E-state index in [1.807, 2.05) is 31.3 Å². The van der Waals surface area contributed by atoms with Gasteiger partial charge in [-0.3, -0.25) is 0 Å². The van der Waals surface area contributed by atoms with Crippen molar-refractivity contribution >= 4 is 15.9 Å². The highest BCUT2D eigenvalue weighted by Gasteiger charge is 1.98. The molecule has 2 aromatic carbocycles. The van der Waals surface area contributed by atoms with Gasteiger partial charge in [-0.05, 0) is 42.4 Å². The second-order valence-corrected chi connectivity index (χ2v) is 5.01. The Bertz CT molecular complexity index is 496. The molecule has 0 unspecified atom stereocenters. The van der Waals surface area contributed by atoms with Crippen LogP contribution in [0.2, 0.25) is 0 Å². The van der Waals surface area contributed by atoms with E-state index in [0.29, 0.717) is 6.61 Å². The third-order valence-corrected chi connectivity index (χ3v) is 3.13. The Morgan fingerprint density at radius 3 is 2.56 bits per heavy atom. The maximum Gasteiger partial charge on any atom is 0.120 e. The molecule has 0 fully saturated rings. The van der Waals surface area contributed by atoms with Crippen molar-refractivity contribution in [3.05, 3.63) is 64.1 Å². The van der Waals surface area contributed by atoms with Crippen molar-refractivity contribution in [1.82, 2.24) is 5.32 Å². The lowest BCUT2D eigenvalue weighted by molar-refractivity contribution is 0.306. The molecule has 0 aromatic heterocycles. The average Bonchev–Trinajstić information content (AvgIpc) is 2.39. The highest BCUT2D eigenvalue weighted by atomic mass is 79.9. The van der Waals surface area contributed by atoms with Gasteiger partial charge >= 0.3 is 0 Å². The van der Waals surface area contributed by atoms with Crippen LogP contribution in [0, 0.1) is 0 Å². The normalized spacial score (nSPS) is 10.3. The van der Waals surface area contributed by atoms with E-state index in [1.165, 1.54) is 5.56 Å². The largest absolute Gasteiger partial charge is 0.489 e. The van der Waals surface area contributed by atoms with E-state index < -0.39 is 0 Å². The third kappa shape index (κ3) is 3.86. The predicted molar refractivity (Wildman–Crippen MR) is 77.7 cm³/mol. The van der Waals surface area contributed by atoms with Crippen molar-refractivity contribution in [2.45, 2.75) is 13.2 Å². The molecule has 0 aliphatic rings. The Kier molecular flexibility index (Phi) is 4.79. The standard InChI is InChI=1S/C15H16BrNO/c1-17-10-13-3-2-4-15(9-13)18-11-12-5-7-14(16)8-6-12/h2-9,17H,10-11H2,1H3. The average molecular weight is 306 g/mol. The molecule has 0 saturated carbocycles. The summed E-state index contributed by atoms with van der Waals surface area (Å²) in [7, 11) is 1.94. The van der Waals surface area contributed by atoms with Crippen LogP contribution in [-0.4, -0.2) is 7.05 Å². The van der Waals surface area contributed by atoms with E-state index in [0.717, 1.165) is 22.3 Å². The van der Waals surface area contributed by atoms with Crippen molar-refractivity contribution in [3.8, 4) is 5.75 Å². The fourth-order valence-electron chi connectivity index (χ4n) is 1.70. The van der Waals surface area contributed by atoms with Gasteiger partial charge in [0, 0.05) is 11.0 Å². The minimum Gasteiger partial charge on any atom is -0.489 e. The molecule has 3 heteroatoms. The molecule has 0 saturated heterocycles. The number of benzene rings is 2. The maximum atomic E-state index is 5.78.